The fourth-order valence-electron chi connectivity index (χ4n) is 3.10. The van der Waals surface area contributed by atoms with Crippen LogP contribution in [0, 0.1) is 6.92 Å². The Morgan fingerprint density at radius 2 is 1.97 bits per heavy atom. The number of nitrogens with zero attached hydrogens (tertiary/aromatic N) is 7. The number of halogens is 2. The molecular weight excluding hydrogens is 380 g/mol. The Labute approximate surface area is 167 Å². The number of carbonyl (C=O) groups is 1. The lowest BCUT2D eigenvalue weighted by Gasteiger charge is -2.34. The zero-order valence-corrected chi connectivity index (χ0v) is 16.6. The summed E-state index contributed by atoms with van der Waals surface area (Å²) >= 11 is 0. The zero-order valence-electron chi connectivity index (χ0n) is 16.6. The van der Waals surface area contributed by atoms with Crippen molar-refractivity contribution in [2.45, 2.75) is 26.7 Å². The fraction of sp³-hybridized carbons (Fsp3) is 0.421. The van der Waals surface area contributed by atoms with Crippen LogP contribution in [-0.2, 0) is 4.79 Å². The van der Waals surface area contributed by atoms with Crippen molar-refractivity contribution in [1.29, 1.82) is 0 Å². The number of alkyl halides is 2. The van der Waals surface area contributed by atoms with Crippen molar-refractivity contribution in [1.82, 2.24) is 24.4 Å². The van der Waals surface area contributed by atoms with Crippen molar-refractivity contribution in [2.75, 3.05) is 31.1 Å². The minimum atomic E-state index is -3.14. The van der Waals surface area contributed by atoms with E-state index in [0.717, 1.165) is 6.92 Å². The van der Waals surface area contributed by atoms with E-state index in [9.17, 15) is 13.6 Å². The molecule has 3 rings (SSSR count). The molecular formula is C19H23F2N7O. The maximum atomic E-state index is 13.7. The van der Waals surface area contributed by atoms with E-state index in [1.54, 1.807) is 31.0 Å². The van der Waals surface area contributed by atoms with Crippen LogP contribution in [0.15, 0.2) is 29.1 Å². The first kappa shape index (κ1) is 20.6. The molecule has 1 amide bonds. The highest BCUT2D eigenvalue weighted by molar-refractivity contribution is 5.73. The highest BCUT2D eigenvalue weighted by atomic mass is 19.3. The summed E-state index contributed by atoms with van der Waals surface area (Å²) in [6, 6.07) is 1.78. The SMILES string of the molecule is C=N/C(=C\n1c(-c2nccc(N3CCN(C(C)=O)CC3)n2)cnc1C)C(C)(F)F. The predicted octanol–water partition coefficient (Wildman–Crippen LogP) is 2.47. The van der Waals surface area contributed by atoms with E-state index in [0.29, 0.717) is 49.3 Å². The maximum Gasteiger partial charge on any atom is 0.288 e. The Bertz CT molecular complexity index is 940. The number of aryl methyl sites for hydroxylation is 1. The van der Waals surface area contributed by atoms with E-state index in [-0.39, 0.29) is 5.91 Å². The summed E-state index contributed by atoms with van der Waals surface area (Å²) in [6.07, 6.45) is 4.35. The molecule has 29 heavy (non-hydrogen) atoms. The van der Waals surface area contributed by atoms with Gasteiger partial charge in [-0.3, -0.25) is 14.4 Å². The second kappa shape index (κ2) is 8.06. The average Bonchev–Trinajstić information content (AvgIpc) is 3.05. The number of carbonyl (C=O) groups excluding carboxylic acids is 1. The molecule has 0 saturated carbocycles. The van der Waals surface area contributed by atoms with Gasteiger partial charge in [0.2, 0.25) is 5.91 Å². The van der Waals surface area contributed by atoms with Crippen LogP contribution in [0.2, 0.25) is 0 Å². The van der Waals surface area contributed by atoms with Gasteiger partial charge in [-0.25, -0.2) is 15.0 Å². The fourth-order valence-corrected chi connectivity index (χ4v) is 3.10. The van der Waals surface area contributed by atoms with Gasteiger partial charge in [-0.05, 0) is 19.7 Å². The molecule has 0 atom stereocenters. The third-order valence-corrected chi connectivity index (χ3v) is 4.77. The number of aromatic nitrogens is 4. The third kappa shape index (κ3) is 4.47. The van der Waals surface area contributed by atoms with Crippen molar-refractivity contribution < 1.29 is 13.6 Å². The van der Waals surface area contributed by atoms with Crippen LogP contribution in [0.25, 0.3) is 17.7 Å². The maximum absolute atomic E-state index is 13.7. The van der Waals surface area contributed by atoms with Crippen LogP contribution in [0.4, 0.5) is 14.6 Å². The van der Waals surface area contributed by atoms with Gasteiger partial charge in [-0.1, -0.05) is 0 Å². The predicted molar refractivity (Wildman–Crippen MR) is 107 cm³/mol. The third-order valence-electron chi connectivity index (χ3n) is 4.77. The summed E-state index contributed by atoms with van der Waals surface area (Å²) in [5.74, 6) is -1.53. The molecule has 154 valence electrons. The van der Waals surface area contributed by atoms with Crippen molar-refractivity contribution in [3.8, 4) is 11.5 Å². The lowest BCUT2D eigenvalue weighted by molar-refractivity contribution is -0.129. The van der Waals surface area contributed by atoms with Gasteiger partial charge < -0.3 is 9.80 Å². The summed E-state index contributed by atoms with van der Waals surface area (Å²) in [7, 11) is 0. The summed E-state index contributed by atoms with van der Waals surface area (Å²) in [4.78, 5) is 31.9. The quantitative estimate of drug-likeness (QED) is 0.717. The van der Waals surface area contributed by atoms with Gasteiger partial charge in [0.05, 0.1) is 6.20 Å². The minimum absolute atomic E-state index is 0.0542. The Balaban J connectivity index is 1.92. The molecule has 0 aromatic carbocycles. The molecule has 1 aliphatic heterocycles. The zero-order chi connectivity index (χ0) is 21.2. The molecule has 0 N–H and O–H groups in total. The first-order valence-corrected chi connectivity index (χ1v) is 9.15. The standard InChI is InChI=1S/C19H23F2N7O/c1-13-24-11-15(28(13)12-16(22-4)19(3,20)21)18-23-6-5-17(25-18)27-9-7-26(8-10-27)14(2)29/h5-6,11-12H,4,7-10H2,1-3H3/b16-12-. The first-order chi connectivity index (χ1) is 13.7. The van der Waals surface area contributed by atoms with Crippen molar-refractivity contribution in [3.05, 3.63) is 30.0 Å². The number of hydrogen-bond donors (Lipinski definition) is 0. The van der Waals surface area contributed by atoms with Crippen LogP contribution in [0.1, 0.15) is 19.7 Å². The molecule has 0 radical (unpaired) electrons. The van der Waals surface area contributed by atoms with Crippen LogP contribution in [-0.4, -0.2) is 69.1 Å². The summed E-state index contributed by atoms with van der Waals surface area (Å²) < 4.78 is 29.0. The summed E-state index contributed by atoms with van der Waals surface area (Å²) in [6.45, 7) is 9.79. The summed E-state index contributed by atoms with van der Waals surface area (Å²) in [5.41, 5.74) is -0.00604. The molecule has 2 aromatic heterocycles. The Kier molecular flexibility index (Phi) is 5.71. The van der Waals surface area contributed by atoms with Gasteiger partial charge >= 0.3 is 0 Å². The molecule has 1 aliphatic rings. The number of anilines is 1. The van der Waals surface area contributed by atoms with Gasteiger partial charge in [0.15, 0.2) is 5.82 Å². The normalized spacial score (nSPS) is 15.6. The molecule has 10 heteroatoms. The van der Waals surface area contributed by atoms with Crippen LogP contribution >= 0.6 is 0 Å². The Morgan fingerprint density at radius 1 is 1.28 bits per heavy atom. The van der Waals surface area contributed by atoms with Crippen LogP contribution < -0.4 is 4.90 Å². The molecule has 2 aromatic rings. The molecule has 3 heterocycles. The highest BCUT2D eigenvalue weighted by Crippen LogP contribution is 2.27. The minimum Gasteiger partial charge on any atom is -0.353 e. The van der Waals surface area contributed by atoms with Gasteiger partial charge in [0.1, 0.15) is 23.0 Å². The topological polar surface area (TPSA) is 79.5 Å². The van der Waals surface area contributed by atoms with Gasteiger partial charge in [-0.15, -0.1) is 0 Å². The first-order valence-electron chi connectivity index (χ1n) is 9.15. The second-order valence-electron chi connectivity index (χ2n) is 6.85. The molecule has 0 bridgehead atoms. The van der Waals surface area contributed by atoms with E-state index in [1.165, 1.54) is 17.0 Å². The van der Waals surface area contributed by atoms with E-state index in [1.807, 2.05) is 0 Å². The second-order valence-corrected chi connectivity index (χ2v) is 6.85. The molecule has 1 saturated heterocycles. The van der Waals surface area contributed by atoms with E-state index < -0.39 is 11.6 Å². The smallest absolute Gasteiger partial charge is 0.288 e. The largest absolute Gasteiger partial charge is 0.353 e. The average molecular weight is 403 g/mol. The Hall–Kier alpha value is -3.17. The number of amides is 1. The Morgan fingerprint density at radius 3 is 2.55 bits per heavy atom. The van der Waals surface area contributed by atoms with E-state index in [4.69, 9.17) is 0 Å². The van der Waals surface area contributed by atoms with Gasteiger partial charge in [-0.2, -0.15) is 8.78 Å². The van der Waals surface area contributed by atoms with Crippen molar-refractivity contribution in [2.24, 2.45) is 4.99 Å². The lowest BCUT2D eigenvalue weighted by Crippen LogP contribution is -2.48. The van der Waals surface area contributed by atoms with Gasteiger partial charge in [0.25, 0.3) is 5.92 Å². The number of piperazine rings is 1. The molecule has 0 unspecified atom stereocenters. The lowest BCUT2D eigenvalue weighted by atomic mass is 10.3. The van der Waals surface area contributed by atoms with Crippen molar-refractivity contribution in [3.63, 3.8) is 0 Å². The number of aliphatic imine (C=N–C) groups is 1. The monoisotopic (exact) mass is 403 g/mol. The number of imidazole rings is 1. The number of hydrogen-bond acceptors (Lipinski definition) is 6. The van der Waals surface area contributed by atoms with Gasteiger partial charge in [0, 0.05) is 52.4 Å². The van der Waals surface area contributed by atoms with Crippen molar-refractivity contribution >= 4 is 24.6 Å². The number of rotatable bonds is 5. The molecule has 0 spiro atoms. The van der Waals surface area contributed by atoms with E-state index in [2.05, 4.69) is 31.6 Å². The molecule has 0 aliphatic carbocycles. The molecule has 8 nitrogen and oxygen atoms in total. The molecule has 1 fully saturated rings. The van der Waals surface area contributed by atoms with Crippen LogP contribution in [0.3, 0.4) is 0 Å². The highest BCUT2D eigenvalue weighted by Gasteiger charge is 2.28. The van der Waals surface area contributed by atoms with E-state index >= 15 is 0 Å². The summed E-state index contributed by atoms with van der Waals surface area (Å²) in [5, 5.41) is 0. The van der Waals surface area contributed by atoms with Crippen LogP contribution in [0.5, 0.6) is 0 Å². The number of allylic oxidation sites excluding steroid dienone is 1.